The molecule has 3 N–H and O–H groups in total. The fourth-order valence-electron chi connectivity index (χ4n) is 3.65. The van der Waals surface area contributed by atoms with Crippen LogP contribution in [0.25, 0.3) is 11.3 Å². The largest absolute Gasteiger partial charge is 0.490 e. The average molecular weight is 565 g/mol. The molecule has 1 atom stereocenters. The van der Waals surface area contributed by atoms with Crippen LogP contribution in [-0.4, -0.2) is 30.7 Å². The molecule has 9 heteroatoms. The van der Waals surface area contributed by atoms with Crippen LogP contribution in [0.1, 0.15) is 37.8 Å². The summed E-state index contributed by atoms with van der Waals surface area (Å²) in [5, 5.41) is 6.90. The first-order valence-electron chi connectivity index (χ1n) is 11.8. The molecule has 2 aromatic carbocycles. The van der Waals surface area contributed by atoms with E-state index in [1.54, 1.807) is 6.26 Å². The van der Waals surface area contributed by atoms with Crippen LogP contribution in [0.3, 0.4) is 0 Å². The van der Waals surface area contributed by atoms with E-state index < -0.39 is 8.25 Å². The van der Waals surface area contributed by atoms with Gasteiger partial charge in [-0.05, 0) is 103 Å². The average Bonchev–Trinajstić information content (AvgIpc) is 3.35. The highest BCUT2D eigenvalue weighted by atomic mass is 79.9. The van der Waals surface area contributed by atoms with Crippen molar-refractivity contribution in [2.24, 2.45) is 0 Å². The van der Waals surface area contributed by atoms with E-state index in [0.717, 1.165) is 52.2 Å². The number of halogens is 1. The van der Waals surface area contributed by atoms with Crippen molar-refractivity contribution in [1.29, 1.82) is 0 Å². The maximum absolute atomic E-state index is 10.6. The Bertz CT molecular complexity index is 1080. The van der Waals surface area contributed by atoms with E-state index in [2.05, 4.69) is 56.9 Å². The maximum Gasteiger partial charge on any atom is 0.316 e. The third kappa shape index (κ3) is 9.47. The summed E-state index contributed by atoms with van der Waals surface area (Å²) in [6.07, 6.45) is 4.44. The zero-order valence-electron chi connectivity index (χ0n) is 20.2. The Kier molecular flexibility index (Phi) is 11.4. The molecule has 3 rings (SSSR count). The summed E-state index contributed by atoms with van der Waals surface area (Å²) < 4.78 is 27.7. The second kappa shape index (κ2) is 14.5. The number of hydrogen-bond donors (Lipinski definition) is 3. The molecule has 0 aliphatic heterocycles. The van der Waals surface area contributed by atoms with E-state index in [-0.39, 0.29) is 12.7 Å². The van der Waals surface area contributed by atoms with Crippen molar-refractivity contribution in [1.82, 2.24) is 5.32 Å². The number of aryl methyl sites for hydroxylation is 1. The molecule has 7 nitrogen and oxygen atoms in total. The minimum absolute atomic E-state index is 0.145. The van der Waals surface area contributed by atoms with Gasteiger partial charge < -0.3 is 29.2 Å². The third-order valence-corrected chi connectivity index (χ3v) is 6.31. The van der Waals surface area contributed by atoms with Gasteiger partial charge in [-0.25, -0.2) is 0 Å². The molecule has 0 aliphatic carbocycles. The van der Waals surface area contributed by atoms with Gasteiger partial charge in [0.1, 0.15) is 11.5 Å². The van der Waals surface area contributed by atoms with Crippen molar-refractivity contribution in [3.8, 4) is 17.1 Å². The fraction of sp³-hybridized carbons (Fsp3) is 0.385. The van der Waals surface area contributed by atoms with Crippen molar-refractivity contribution < 1.29 is 23.1 Å². The molecule has 0 aliphatic rings. The summed E-state index contributed by atoms with van der Waals surface area (Å²) in [7, 11) is -2.84. The van der Waals surface area contributed by atoms with Gasteiger partial charge in [0.15, 0.2) is 0 Å². The van der Waals surface area contributed by atoms with Gasteiger partial charge >= 0.3 is 8.25 Å². The fourth-order valence-corrected chi connectivity index (χ4v) is 4.48. The van der Waals surface area contributed by atoms with Gasteiger partial charge in [-0.1, -0.05) is 12.1 Å². The van der Waals surface area contributed by atoms with Crippen LogP contribution in [0.5, 0.6) is 5.75 Å². The molecule has 35 heavy (non-hydrogen) atoms. The van der Waals surface area contributed by atoms with Crippen molar-refractivity contribution in [3.05, 3.63) is 70.4 Å². The molecule has 0 fully saturated rings. The molecule has 1 aromatic heterocycles. The minimum atomic E-state index is -2.84. The van der Waals surface area contributed by atoms with E-state index >= 15 is 0 Å². The molecule has 3 aromatic rings. The predicted octanol–water partition coefficient (Wildman–Crippen LogP) is 6.42. The van der Waals surface area contributed by atoms with Crippen molar-refractivity contribution in [3.63, 3.8) is 0 Å². The van der Waals surface area contributed by atoms with Crippen LogP contribution in [0.4, 0.5) is 5.69 Å². The molecule has 1 heterocycles. The van der Waals surface area contributed by atoms with Gasteiger partial charge in [0, 0.05) is 24.3 Å². The Balaban J connectivity index is 1.53. The second-order valence-corrected chi connectivity index (χ2v) is 10.1. The first-order chi connectivity index (χ1) is 16.9. The number of ether oxygens (including phenoxy) is 1. The quantitative estimate of drug-likeness (QED) is 0.145. The van der Waals surface area contributed by atoms with Gasteiger partial charge in [0.05, 0.1) is 23.4 Å². The van der Waals surface area contributed by atoms with E-state index in [1.807, 2.05) is 32.0 Å². The molecule has 190 valence electrons. The first-order valence-corrected chi connectivity index (χ1v) is 13.9. The van der Waals surface area contributed by atoms with Gasteiger partial charge in [0.2, 0.25) is 0 Å². The van der Waals surface area contributed by atoms with Crippen molar-refractivity contribution in [2.45, 2.75) is 45.8 Å². The summed E-state index contributed by atoms with van der Waals surface area (Å²) in [6.45, 7) is 6.54. The standard InChI is InChI=1S/C26H34BrN2O5P/c1-19(2)34-26-11-9-20(17-23(26)27)6-3-13-29-24-10-8-21(16-22(24)25-7-4-14-32-25)18-28-12-5-15-33-35(30)31/h4,7-11,14,16-17,19,28-29,35H,3,5-6,12-13,15,18H2,1-2H3,(H,30,31). The van der Waals surface area contributed by atoms with Crippen LogP contribution in [0, 0.1) is 0 Å². The molecule has 0 spiro atoms. The molecule has 0 bridgehead atoms. The summed E-state index contributed by atoms with van der Waals surface area (Å²) in [4.78, 5) is 8.70. The van der Waals surface area contributed by atoms with Crippen LogP contribution >= 0.6 is 24.2 Å². The lowest BCUT2D eigenvalue weighted by molar-refractivity contribution is 0.241. The highest BCUT2D eigenvalue weighted by molar-refractivity contribution is 9.10. The molecular weight excluding hydrogens is 531 g/mol. The molecule has 0 saturated carbocycles. The number of anilines is 1. The molecule has 1 unspecified atom stereocenters. The summed E-state index contributed by atoms with van der Waals surface area (Å²) in [5.74, 6) is 1.69. The first kappa shape index (κ1) is 27.5. The van der Waals surface area contributed by atoms with Crippen molar-refractivity contribution >= 4 is 29.9 Å². The van der Waals surface area contributed by atoms with Crippen LogP contribution in [0.2, 0.25) is 0 Å². The lowest BCUT2D eigenvalue weighted by atomic mass is 10.1. The SMILES string of the molecule is CC(C)Oc1ccc(CCCNc2ccc(CNCCCO[PH](=O)O)cc2-c2ccco2)cc1Br. The topological polar surface area (TPSA) is 93.0 Å². The van der Waals surface area contributed by atoms with Crippen LogP contribution in [0.15, 0.2) is 63.7 Å². The van der Waals surface area contributed by atoms with Crippen molar-refractivity contribution in [2.75, 3.05) is 25.0 Å². The molecule has 0 saturated heterocycles. The van der Waals surface area contributed by atoms with E-state index in [4.69, 9.17) is 18.6 Å². The van der Waals surface area contributed by atoms with E-state index in [0.29, 0.717) is 19.5 Å². The van der Waals surface area contributed by atoms with E-state index in [1.165, 1.54) is 5.56 Å². The van der Waals surface area contributed by atoms with E-state index in [9.17, 15) is 4.57 Å². The molecule has 0 amide bonds. The Hall–Kier alpha value is -2.09. The maximum atomic E-state index is 10.6. The number of hydrogen-bond acceptors (Lipinski definition) is 6. The monoisotopic (exact) mass is 564 g/mol. The zero-order valence-corrected chi connectivity index (χ0v) is 22.8. The van der Waals surface area contributed by atoms with Crippen LogP contribution < -0.4 is 15.4 Å². The Morgan fingerprint density at radius 2 is 1.91 bits per heavy atom. The third-order valence-electron chi connectivity index (χ3n) is 5.24. The highest BCUT2D eigenvalue weighted by Gasteiger charge is 2.10. The Labute approximate surface area is 216 Å². The smallest absolute Gasteiger partial charge is 0.316 e. The zero-order chi connectivity index (χ0) is 25.0. The Morgan fingerprint density at radius 1 is 1.09 bits per heavy atom. The summed E-state index contributed by atoms with van der Waals surface area (Å²) in [6, 6.07) is 16.4. The number of benzene rings is 2. The summed E-state index contributed by atoms with van der Waals surface area (Å²) >= 11 is 3.61. The second-order valence-electron chi connectivity index (χ2n) is 8.46. The minimum Gasteiger partial charge on any atom is -0.490 e. The lowest BCUT2D eigenvalue weighted by Gasteiger charge is -2.14. The lowest BCUT2D eigenvalue weighted by Crippen LogP contribution is -2.16. The van der Waals surface area contributed by atoms with Gasteiger partial charge in [-0.3, -0.25) is 4.57 Å². The number of nitrogens with one attached hydrogen (secondary N) is 2. The Morgan fingerprint density at radius 3 is 2.63 bits per heavy atom. The number of furan rings is 1. The summed E-state index contributed by atoms with van der Waals surface area (Å²) in [5.41, 5.74) is 4.45. The normalized spacial score (nSPS) is 12.1. The highest BCUT2D eigenvalue weighted by Crippen LogP contribution is 2.30. The van der Waals surface area contributed by atoms with Gasteiger partial charge in [0.25, 0.3) is 0 Å². The van der Waals surface area contributed by atoms with Gasteiger partial charge in [-0.15, -0.1) is 0 Å². The van der Waals surface area contributed by atoms with Gasteiger partial charge in [-0.2, -0.15) is 0 Å². The van der Waals surface area contributed by atoms with Crippen LogP contribution in [-0.2, 0) is 22.1 Å². The predicted molar refractivity (Wildman–Crippen MR) is 144 cm³/mol. The molecule has 0 radical (unpaired) electrons. The molecular formula is C26H34BrN2O5P. The number of rotatable bonds is 15.